The van der Waals surface area contributed by atoms with Gasteiger partial charge in [-0.3, -0.25) is 9.59 Å². The molecule has 5 rings (SSSR count). The summed E-state index contributed by atoms with van der Waals surface area (Å²) < 4.78 is 31.7. The van der Waals surface area contributed by atoms with Crippen molar-refractivity contribution < 1.29 is 28.2 Å². The van der Waals surface area contributed by atoms with Crippen LogP contribution in [0.25, 0.3) is 0 Å². The first-order valence-electron chi connectivity index (χ1n) is 12.8. The average molecular weight is 539 g/mol. The number of hydrogen-bond donors (Lipinski definition) is 0. The summed E-state index contributed by atoms with van der Waals surface area (Å²) in [6.45, 7) is 1.47. The van der Waals surface area contributed by atoms with Crippen LogP contribution in [0.2, 0.25) is 0 Å². The third-order valence-electron chi connectivity index (χ3n) is 7.03. The molecule has 7 nitrogen and oxygen atoms in total. The van der Waals surface area contributed by atoms with Crippen molar-refractivity contribution in [3.63, 3.8) is 0 Å². The summed E-state index contributed by atoms with van der Waals surface area (Å²) >= 11 is 1.67. The van der Waals surface area contributed by atoms with Gasteiger partial charge in [0, 0.05) is 30.6 Å². The van der Waals surface area contributed by atoms with Crippen LogP contribution in [0.5, 0.6) is 11.5 Å². The van der Waals surface area contributed by atoms with Gasteiger partial charge in [0.15, 0.2) is 0 Å². The monoisotopic (exact) mass is 538 g/mol. The smallest absolute Gasteiger partial charge is 0.257 e. The van der Waals surface area contributed by atoms with Crippen molar-refractivity contribution in [1.29, 1.82) is 0 Å². The van der Waals surface area contributed by atoms with E-state index in [2.05, 4.69) is 0 Å². The van der Waals surface area contributed by atoms with E-state index in [9.17, 15) is 14.0 Å². The van der Waals surface area contributed by atoms with Gasteiger partial charge in [0.05, 0.1) is 24.8 Å². The van der Waals surface area contributed by atoms with E-state index in [4.69, 9.17) is 14.2 Å². The molecule has 0 aliphatic carbocycles. The molecule has 200 valence electrons. The second-order valence-electron chi connectivity index (χ2n) is 9.44. The highest BCUT2D eigenvalue weighted by Crippen LogP contribution is 2.34. The molecule has 0 unspecified atom stereocenters. The van der Waals surface area contributed by atoms with E-state index in [0.29, 0.717) is 24.7 Å². The summed E-state index contributed by atoms with van der Waals surface area (Å²) in [5, 5.41) is 2.03. The van der Waals surface area contributed by atoms with Crippen LogP contribution in [-0.4, -0.2) is 67.7 Å². The van der Waals surface area contributed by atoms with Crippen molar-refractivity contribution in [1.82, 2.24) is 9.80 Å². The Hall–Kier alpha value is -3.43. The predicted molar refractivity (Wildman–Crippen MR) is 142 cm³/mol. The third-order valence-corrected chi connectivity index (χ3v) is 8.03. The Kier molecular flexibility index (Phi) is 8.24. The number of halogens is 1. The van der Waals surface area contributed by atoms with Crippen LogP contribution in [0, 0.1) is 5.82 Å². The van der Waals surface area contributed by atoms with Gasteiger partial charge in [0.1, 0.15) is 30.5 Å². The summed E-state index contributed by atoms with van der Waals surface area (Å²) in [4.78, 5) is 31.6. The molecule has 0 N–H and O–H groups in total. The van der Waals surface area contributed by atoms with Crippen molar-refractivity contribution in [2.45, 2.75) is 31.4 Å². The number of fused-ring (bicyclic) bond motifs is 1. The Morgan fingerprint density at radius 1 is 1.16 bits per heavy atom. The molecule has 3 heterocycles. The highest BCUT2D eigenvalue weighted by atomic mass is 32.1. The fourth-order valence-corrected chi connectivity index (χ4v) is 5.98. The van der Waals surface area contributed by atoms with E-state index in [0.717, 1.165) is 24.8 Å². The molecule has 2 amide bonds. The van der Waals surface area contributed by atoms with Gasteiger partial charge in [0.2, 0.25) is 5.91 Å². The fourth-order valence-electron chi connectivity index (χ4n) is 5.05. The minimum atomic E-state index is -0.604. The standard InChI is InChI=1S/C29H31FN2O5S/c1-35-20-6-4-7-21(16-20)37-19-26-24-12-15-38-27(24)11-13-32(26)28(33)18-31(17-22-8-5-14-36-22)29(34)23-9-2-3-10-25(23)30/h2-4,6-7,9-10,12,15-16,22,26H,5,8,11,13-14,17-19H2,1H3/t22-,26+/m1/s1. The van der Waals surface area contributed by atoms with Crippen LogP contribution < -0.4 is 9.47 Å². The number of hydrogen-bond acceptors (Lipinski definition) is 6. The number of amides is 2. The first-order valence-corrected chi connectivity index (χ1v) is 13.7. The second kappa shape index (κ2) is 12.0. The fraction of sp³-hybridized carbons (Fsp3) is 0.379. The number of thiophene rings is 1. The zero-order valence-electron chi connectivity index (χ0n) is 21.3. The minimum Gasteiger partial charge on any atom is -0.497 e. The van der Waals surface area contributed by atoms with Crippen LogP contribution in [-0.2, 0) is 16.0 Å². The first kappa shape index (κ1) is 26.2. The lowest BCUT2D eigenvalue weighted by atomic mass is 10.00. The zero-order valence-corrected chi connectivity index (χ0v) is 22.1. The second-order valence-corrected chi connectivity index (χ2v) is 10.4. The lowest BCUT2D eigenvalue weighted by Gasteiger charge is -2.37. The lowest BCUT2D eigenvalue weighted by molar-refractivity contribution is -0.135. The third kappa shape index (κ3) is 5.84. The Morgan fingerprint density at radius 2 is 2.00 bits per heavy atom. The van der Waals surface area contributed by atoms with Crippen molar-refractivity contribution in [3.05, 3.63) is 81.8 Å². The number of rotatable bonds is 9. The van der Waals surface area contributed by atoms with Gasteiger partial charge in [-0.05, 0) is 60.5 Å². The van der Waals surface area contributed by atoms with Gasteiger partial charge >= 0.3 is 0 Å². The Bertz CT molecular complexity index is 1280. The highest BCUT2D eigenvalue weighted by molar-refractivity contribution is 7.10. The summed E-state index contributed by atoms with van der Waals surface area (Å²) in [7, 11) is 1.60. The van der Waals surface area contributed by atoms with E-state index >= 15 is 0 Å². The van der Waals surface area contributed by atoms with Crippen LogP contribution in [0.1, 0.15) is 39.7 Å². The Morgan fingerprint density at radius 3 is 2.79 bits per heavy atom. The largest absolute Gasteiger partial charge is 0.497 e. The van der Waals surface area contributed by atoms with Gasteiger partial charge in [0.25, 0.3) is 5.91 Å². The van der Waals surface area contributed by atoms with E-state index in [1.54, 1.807) is 41.5 Å². The van der Waals surface area contributed by atoms with Crippen LogP contribution in [0.15, 0.2) is 60.0 Å². The molecule has 2 aromatic carbocycles. The van der Waals surface area contributed by atoms with E-state index in [-0.39, 0.29) is 43.3 Å². The summed E-state index contributed by atoms with van der Waals surface area (Å²) in [5.41, 5.74) is 1.01. The molecular weight excluding hydrogens is 507 g/mol. The van der Waals surface area contributed by atoms with Crippen molar-refractivity contribution >= 4 is 23.2 Å². The molecule has 38 heavy (non-hydrogen) atoms. The van der Waals surface area contributed by atoms with Gasteiger partial charge in [-0.1, -0.05) is 18.2 Å². The van der Waals surface area contributed by atoms with Gasteiger partial charge in [-0.15, -0.1) is 11.3 Å². The van der Waals surface area contributed by atoms with Gasteiger partial charge in [-0.25, -0.2) is 4.39 Å². The quantitative estimate of drug-likeness (QED) is 0.394. The average Bonchev–Trinajstić information content (AvgIpc) is 3.63. The maximum absolute atomic E-state index is 14.5. The number of ether oxygens (including phenoxy) is 3. The molecule has 2 aliphatic heterocycles. The minimum absolute atomic E-state index is 0.0463. The van der Waals surface area contributed by atoms with Crippen molar-refractivity contribution in [3.8, 4) is 11.5 Å². The molecular formula is C29H31FN2O5S. The van der Waals surface area contributed by atoms with Crippen LogP contribution >= 0.6 is 11.3 Å². The summed E-state index contributed by atoms with van der Waals surface area (Å²) in [6.07, 6.45) is 2.27. The molecule has 0 spiro atoms. The molecule has 2 aliphatic rings. The molecule has 0 bridgehead atoms. The normalized spacial score (nSPS) is 18.6. The van der Waals surface area contributed by atoms with E-state index < -0.39 is 11.7 Å². The molecule has 2 atom stereocenters. The first-order chi connectivity index (χ1) is 18.5. The SMILES string of the molecule is COc1cccc(OC[C@H]2c3ccsc3CCN2C(=O)CN(C[C@H]2CCCO2)C(=O)c2ccccc2F)c1. The maximum atomic E-state index is 14.5. The molecule has 0 radical (unpaired) electrons. The highest BCUT2D eigenvalue weighted by Gasteiger charge is 2.35. The lowest BCUT2D eigenvalue weighted by Crippen LogP contribution is -2.49. The number of methoxy groups -OCH3 is 1. The predicted octanol–water partition coefficient (Wildman–Crippen LogP) is 4.72. The van der Waals surface area contributed by atoms with Crippen molar-refractivity contribution in [2.24, 2.45) is 0 Å². The summed E-state index contributed by atoms with van der Waals surface area (Å²) in [5.74, 6) is 0.0152. The Labute approximate surface area is 225 Å². The molecule has 0 saturated carbocycles. The Balaban J connectivity index is 1.36. The van der Waals surface area contributed by atoms with Crippen LogP contribution in [0.4, 0.5) is 4.39 Å². The molecule has 3 aromatic rings. The zero-order chi connectivity index (χ0) is 26.5. The summed E-state index contributed by atoms with van der Waals surface area (Å²) in [6, 6.07) is 15.0. The maximum Gasteiger partial charge on any atom is 0.257 e. The van der Waals surface area contributed by atoms with Gasteiger partial charge in [-0.2, -0.15) is 0 Å². The van der Waals surface area contributed by atoms with Gasteiger partial charge < -0.3 is 24.0 Å². The number of carbonyl (C=O) groups excluding carboxylic acids is 2. The van der Waals surface area contributed by atoms with Crippen molar-refractivity contribution in [2.75, 3.05) is 40.0 Å². The molecule has 1 fully saturated rings. The number of benzene rings is 2. The van der Waals surface area contributed by atoms with E-state index in [1.165, 1.54) is 21.9 Å². The molecule has 9 heteroatoms. The molecule has 1 saturated heterocycles. The molecule has 1 aromatic heterocycles. The number of carbonyl (C=O) groups is 2. The van der Waals surface area contributed by atoms with Crippen LogP contribution in [0.3, 0.4) is 0 Å². The van der Waals surface area contributed by atoms with E-state index in [1.807, 2.05) is 29.6 Å². The topological polar surface area (TPSA) is 68.3 Å². The number of nitrogens with zero attached hydrogens (tertiary/aromatic N) is 2.